The Labute approximate surface area is 435 Å². The van der Waals surface area contributed by atoms with Gasteiger partial charge in [0.1, 0.15) is 0 Å². The van der Waals surface area contributed by atoms with Crippen molar-refractivity contribution < 1.29 is 38.3 Å². The Hall–Kier alpha value is -7.56. The van der Waals surface area contributed by atoms with Crippen LogP contribution >= 0.6 is 8.60 Å². The summed E-state index contributed by atoms with van der Waals surface area (Å²) in [4.78, 5) is 111. The van der Waals surface area contributed by atoms with E-state index in [0.717, 1.165) is 43.2 Å². The molecule has 6 rings (SSSR count). The van der Waals surface area contributed by atoms with Crippen LogP contribution in [0.3, 0.4) is 0 Å². The molecule has 23 nitrogen and oxygen atoms in total. The maximum atomic E-state index is 14.0. The molecule has 0 saturated heterocycles. The molecule has 0 unspecified atom stereocenters. The van der Waals surface area contributed by atoms with E-state index in [0.29, 0.717) is 85.0 Å². The van der Waals surface area contributed by atoms with Gasteiger partial charge < -0.3 is 62.3 Å². The van der Waals surface area contributed by atoms with Crippen molar-refractivity contribution in [3.8, 4) is 0 Å². The number of benzene rings is 3. The number of amides is 5. The molecule has 0 bridgehead atoms. The second-order valence-electron chi connectivity index (χ2n) is 17.7. The Morgan fingerprint density at radius 1 is 0.720 bits per heavy atom. The summed E-state index contributed by atoms with van der Waals surface area (Å²) < 4.78 is 4.76. The number of carbonyl (C=O) groups excluding carboxylic acids is 5. The average Bonchev–Trinajstić information content (AvgIpc) is 3.39. The normalized spacial score (nSPS) is 13.0. The quantitative estimate of drug-likeness (QED) is 0.0141. The van der Waals surface area contributed by atoms with Crippen LogP contribution in [0.1, 0.15) is 110 Å². The number of rotatable bonds is 29. The van der Waals surface area contributed by atoms with Crippen LogP contribution in [-0.4, -0.2) is 104 Å². The van der Waals surface area contributed by atoms with E-state index in [1.54, 1.807) is 34.2 Å². The van der Waals surface area contributed by atoms with Gasteiger partial charge in [0.25, 0.3) is 11.5 Å². The van der Waals surface area contributed by atoms with Crippen LogP contribution in [0.15, 0.2) is 83.8 Å². The Morgan fingerprint density at radius 2 is 1.37 bits per heavy atom. The largest absolute Gasteiger partial charge is 0.396 e. The van der Waals surface area contributed by atoms with Gasteiger partial charge in [-0.3, -0.25) is 33.8 Å². The van der Waals surface area contributed by atoms with E-state index in [9.17, 15) is 28.8 Å². The predicted molar refractivity (Wildman–Crippen MR) is 286 cm³/mol. The predicted octanol–water partition coefficient (Wildman–Crippen LogP) is 3.40. The highest BCUT2D eigenvalue weighted by molar-refractivity contribution is 7.39. The lowest BCUT2D eigenvalue weighted by molar-refractivity contribution is -0.125. The number of hydrogen-bond acceptors (Lipinski definition) is 17. The molecule has 0 fully saturated rings. The van der Waals surface area contributed by atoms with E-state index in [1.807, 2.05) is 48.5 Å². The average molecular weight is 1050 g/mol. The van der Waals surface area contributed by atoms with Crippen molar-refractivity contribution in [1.82, 2.24) is 46.2 Å². The smallest absolute Gasteiger partial charge is 0.327 e. The van der Waals surface area contributed by atoms with Gasteiger partial charge in [0.05, 0.1) is 48.7 Å². The highest BCUT2D eigenvalue weighted by Gasteiger charge is 2.28. The van der Waals surface area contributed by atoms with Gasteiger partial charge >= 0.3 is 8.60 Å². The number of aromatic nitrogens is 4. The van der Waals surface area contributed by atoms with Gasteiger partial charge in [-0.1, -0.05) is 61.7 Å². The standard InChI is InChI=1S/C51H67N14O9P/c52-45-38-14-6-5-13-35(38)33-64(40-16-8-7-15-39(40)47(45)65(54)29-10-3-4-17-41(66)55-25-9-1-2-11-30-74-75(72)73)44(69)24-23-43(68)57-28-27-56-42(67)18-12-26-58-49(70)34-19-21-36(22-20-34)59-31-37-32-60-48-46(61-37)50(71)63-51(53)62-48/h5-8,13-16,19-22,32,59,72-73H,1-4,9-12,17-18,23-31,33,52,54H2,(H,55,66)(H,56,67)(H,57,68)(H,58,70)(H3,53,60,62,63,71)/b47-45-. The number of nitrogen functional groups attached to an aromatic ring is 1. The van der Waals surface area contributed by atoms with E-state index in [4.69, 9.17) is 31.6 Å². The summed E-state index contributed by atoms with van der Waals surface area (Å²) in [5, 5.41) is 16.1. The molecule has 5 aromatic rings. The molecule has 5 amide bonds. The number of nitrogens with one attached hydrogen (secondary N) is 6. The number of hydrazine groups is 1. The molecule has 1 aliphatic rings. The first-order chi connectivity index (χ1) is 36.3. The van der Waals surface area contributed by atoms with Crippen molar-refractivity contribution >= 4 is 78.0 Å². The fourth-order valence-corrected chi connectivity index (χ4v) is 8.56. The number of H-pyrrole nitrogens is 1. The van der Waals surface area contributed by atoms with Crippen molar-refractivity contribution in [3.05, 3.63) is 117 Å². The Kier molecular flexibility index (Phi) is 22.2. The van der Waals surface area contributed by atoms with Crippen LogP contribution in [0, 0.1) is 0 Å². The molecular formula is C51H67N14O9P. The molecule has 75 heavy (non-hydrogen) atoms. The van der Waals surface area contributed by atoms with Crippen LogP contribution in [0.5, 0.6) is 0 Å². The molecule has 0 saturated carbocycles. The number of hydrogen-bond donors (Lipinski definition) is 11. The molecule has 3 aromatic carbocycles. The molecular weight excluding hydrogens is 984 g/mol. The number of para-hydroxylation sites is 1. The summed E-state index contributed by atoms with van der Waals surface area (Å²) in [5.41, 5.74) is 17.7. The monoisotopic (exact) mass is 1050 g/mol. The molecule has 2 aromatic heterocycles. The number of anilines is 3. The molecule has 400 valence electrons. The van der Waals surface area contributed by atoms with Crippen molar-refractivity contribution in [3.63, 3.8) is 0 Å². The summed E-state index contributed by atoms with van der Waals surface area (Å²) in [5.74, 6) is 5.58. The number of unbranched alkanes of at least 4 members (excludes halogenated alkanes) is 5. The zero-order chi connectivity index (χ0) is 53.5. The van der Waals surface area contributed by atoms with E-state index in [2.05, 4.69) is 46.5 Å². The van der Waals surface area contributed by atoms with Gasteiger partial charge in [-0.25, -0.2) is 15.8 Å². The van der Waals surface area contributed by atoms with Crippen LogP contribution in [-0.2, 0) is 36.8 Å². The van der Waals surface area contributed by atoms with Crippen molar-refractivity contribution in [1.29, 1.82) is 0 Å². The number of carbonyl (C=O) groups is 5. The third-order valence-electron chi connectivity index (χ3n) is 12.1. The topological polar surface area (TPSA) is 351 Å². The lowest BCUT2D eigenvalue weighted by Crippen LogP contribution is -2.38. The first-order valence-electron chi connectivity index (χ1n) is 25.0. The van der Waals surface area contributed by atoms with Crippen LogP contribution < -0.4 is 54.4 Å². The highest BCUT2D eigenvalue weighted by atomic mass is 31.2. The van der Waals surface area contributed by atoms with Crippen LogP contribution in [0.2, 0.25) is 0 Å². The lowest BCUT2D eigenvalue weighted by Gasteiger charge is -2.33. The summed E-state index contributed by atoms with van der Waals surface area (Å²) in [7, 11) is -2.31. The fraction of sp³-hybridized carbons (Fsp3) is 0.392. The Balaban J connectivity index is 0.879. The molecule has 1 aliphatic heterocycles. The minimum Gasteiger partial charge on any atom is -0.396 e. The van der Waals surface area contributed by atoms with E-state index in [1.165, 1.54) is 6.20 Å². The molecule has 24 heteroatoms. The minimum atomic E-state index is -2.31. The number of nitrogens with two attached hydrogens (primary N) is 3. The first-order valence-corrected chi connectivity index (χ1v) is 26.2. The summed E-state index contributed by atoms with van der Waals surface area (Å²) in [6.07, 6.45) is 7.72. The second kappa shape index (κ2) is 29.4. The molecule has 0 atom stereocenters. The van der Waals surface area contributed by atoms with Gasteiger partial charge in [-0.2, -0.15) is 4.98 Å². The van der Waals surface area contributed by atoms with E-state index >= 15 is 0 Å². The van der Waals surface area contributed by atoms with Crippen LogP contribution in [0.4, 0.5) is 17.3 Å². The Morgan fingerprint density at radius 3 is 2.13 bits per heavy atom. The second-order valence-corrected chi connectivity index (χ2v) is 18.5. The van der Waals surface area contributed by atoms with Gasteiger partial charge in [0, 0.05) is 80.8 Å². The van der Waals surface area contributed by atoms with E-state index in [-0.39, 0.29) is 98.6 Å². The molecule has 3 heterocycles. The van der Waals surface area contributed by atoms with Gasteiger partial charge in [0.15, 0.2) is 11.2 Å². The SMILES string of the molecule is N/C1=C(\N(N)CCCCCC(=O)NCCCCCCOP(O)O)c2ccccc2N(C(=O)CCC(=O)NCCNC(=O)CCCNC(=O)c2ccc(NCc3cnc4nc(N)[nH]c(=O)c4n3)cc2)Cc2ccccc21. The maximum absolute atomic E-state index is 14.0. The van der Waals surface area contributed by atoms with Gasteiger partial charge in [0.2, 0.25) is 29.6 Å². The number of aromatic amines is 1. The van der Waals surface area contributed by atoms with Crippen LogP contribution in [0.25, 0.3) is 22.6 Å². The first kappa shape index (κ1) is 56.7. The molecule has 0 spiro atoms. The summed E-state index contributed by atoms with van der Waals surface area (Å²) in [6, 6.07) is 21.7. The van der Waals surface area contributed by atoms with Crippen molar-refractivity contribution in [2.24, 2.45) is 11.6 Å². The molecule has 14 N–H and O–H groups in total. The van der Waals surface area contributed by atoms with E-state index < -0.39 is 14.2 Å². The third kappa shape index (κ3) is 17.8. The number of fused-ring (bicyclic) bond motifs is 3. The fourth-order valence-electron chi connectivity index (χ4n) is 8.27. The van der Waals surface area contributed by atoms with Gasteiger partial charge in [-0.15, -0.1) is 0 Å². The minimum absolute atomic E-state index is 0.0119. The summed E-state index contributed by atoms with van der Waals surface area (Å²) in [6.45, 7) is 2.41. The summed E-state index contributed by atoms with van der Waals surface area (Å²) >= 11 is 0. The Bertz CT molecular complexity index is 2830. The zero-order valence-corrected chi connectivity index (χ0v) is 42.7. The van der Waals surface area contributed by atoms with Crippen molar-refractivity contribution in [2.75, 3.05) is 55.3 Å². The highest BCUT2D eigenvalue weighted by Crippen LogP contribution is 2.37. The maximum Gasteiger partial charge on any atom is 0.327 e. The number of nitrogens with zero attached hydrogens (tertiary/aromatic N) is 5. The third-order valence-corrected chi connectivity index (χ3v) is 12.6. The van der Waals surface area contributed by atoms with Gasteiger partial charge in [-0.05, 0) is 68.0 Å². The molecule has 0 radical (unpaired) electrons. The lowest BCUT2D eigenvalue weighted by atomic mass is 9.95. The molecule has 0 aliphatic carbocycles. The van der Waals surface area contributed by atoms with Crippen molar-refractivity contribution in [2.45, 2.75) is 90.1 Å². The zero-order valence-electron chi connectivity index (χ0n) is 41.8.